The maximum Gasteiger partial charge on any atom is 0.255 e. The van der Waals surface area contributed by atoms with E-state index in [1.54, 1.807) is 0 Å². The predicted molar refractivity (Wildman–Crippen MR) is 81.8 cm³/mol. The molecule has 98 valence electrons. The third kappa shape index (κ3) is 3.03. The number of rotatable bonds is 1. The Hall–Kier alpha value is -0.620. The van der Waals surface area contributed by atoms with E-state index in [-0.39, 0.29) is 11.9 Å². The largest absolute Gasteiger partial charge is 0.335 e. The number of amides is 1. The Labute approximate surface area is 122 Å². The highest BCUT2D eigenvalue weighted by Crippen LogP contribution is 2.17. The molecule has 2 rings (SSSR count). The number of carbonyl (C=O) groups is 1. The van der Waals surface area contributed by atoms with Crippen molar-refractivity contribution in [3.05, 3.63) is 33.4 Å². The summed E-state index contributed by atoms with van der Waals surface area (Å²) >= 11 is 2.23. The molecule has 3 nitrogen and oxygen atoms in total. The maximum atomic E-state index is 12.6. The molecule has 1 aliphatic heterocycles. The zero-order chi connectivity index (χ0) is 13.1. The molecule has 0 aromatic heterocycles. The summed E-state index contributed by atoms with van der Waals surface area (Å²) in [5.74, 6) is 0.169. The van der Waals surface area contributed by atoms with Gasteiger partial charge in [0.05, 0.1) is 5.56 Å². The van der Waals surface area contributed by atoms with Crippen LogP contribution in [0.5, 0.6) is 0 Å². The molecule has 1 saturated heterocycles. The summed E-state index contributed by atoms with van der Waals surface area (Å²) in [5.41, 5.74) is 0.828. The van der Waals surface area contributed by atoms with Gasteiger partial charge in [0.15, 0.2) is 0 Å². The Morgan fingerprint density at radius 1 is 1.33 bits per heavy atom. The summed E-state index contributed by atoms with van der Waals surface area (Å²) in [6.07, 6.45) is 1.05. The molecule has 0 bridgehead atoms. The molecule has 18 heavy (non-hydrogen) atoms. The van der Waals surface area contributed by atoms with Gasteiger partial charge in [0.25, 0.3) is 5.91 Å². The van der Waals surface area contributed by atoms with Crippen molar-refractivity contribution in [3.8, 4) is 0 Å². The van der Waals surface area contributed by atoms with Gasteiger partial charge in [-0.05, 0) is 61.7 Å². The molecule has 1 amide bonds. The van der Waals surface area contributed by atoms with Crippen molar-refractivity contribution in [1.82, 2.24) is 9.80 Å². The molecule has 1 unspecified atom stereocenters. The Morgan fingerprint density at radius 2 is 2.06 bits per heavy atom. The first-order chi connectivity index (χ1) is 8.59. The van der Waals surface area contributed by atoms with E-state index in [2.05, 4.69) is 41.5 Å². The van der Waals surface area contributed by atoms with E-state index in [0.717, 1.165) is 35.2 Å². The zero-order valence-corrected chi connectivity index (χ0v) is 13.1. The zero-order valence-electron chi connectivity index (χ0n) is 10.9. The molecule has 0 aliphatic carbocycles. The van der Waals surface area contributed by atoms with Crippen LogP contribution in [0.3, 0.4) is 0 Å². The lowest BCUT2D eigenvalue weighted by molar-refractivity contribution is 0.0695. The summed E-state index contributed by atoms with van der Waals surface area (Å²) in [6.45, 7) is 5.01. The summed E-state index contributed by atoms with van der Waals surface area (Å²) in [4.78, 5) is 16.9. The monoisotopic (exact) mass is 358 g/mol. The lowest BCUT2D eigenvalue weighted by Crippen LogP contribution is -2.42. The molecular weight excluding hydrogens is 339 g/mol. The number of carbonyl (C=O) groups excluding carboxylic acids is 1. The van der Waals surface area contributed by atoms with Gasteiger partial charge in [0.2, 0.25) is 0 Å². The Morgan fingerprint density at radius 3 is 2.78 bits per heavy atom. The lowest BCUT2D eigenvalue weighted by Gasteiger charge is -2.28. The van der Waals surface area contributed by atoms with Crippen LogP contribution in [-0.4, -0.2) is 48.4 Å². The minimum atomic E-state index is 0.169. The smallest absolute Gasteiger partial charge is 0.255 e. The van der Waals surface area contributed by atoms with E-state index in [1.165, 1.54) is 0 Å². The fraction of sp³-hybridized carbons (Fsp3) is 0.500. The molecular formula is C14H19IN2O. The number of nitrogens with zero attached hydrogens (tertiary/aromatic N) is 2. The number of benzene rings is 1. The van der Waals surface area contributed by atoms with Gasteiger partial charge < -0.3 is 9.80 Å². The van der Waals surface area contributed by atoms with Crippen LogP contribution in [0.15, 0.2) is 24.3 Å². The minimum Gasteiger partial charge on any atom is -0.335 e. The quantitative estimate of drug-likeness (QED) is 0.720. The predicted octanol–water partition coefficient (Wildman–Crippen LogP) is 2.46. The SMILES string of the molecule is CC1CN(C)CCCN1C(=O)c1ccccc1I. The molecule has 0 spiro atoms. The summed E-state index contributed by atoms with van der Waals surface area (Å²) in [6, 6.07) is 8.09. The van der Waals surface area contributed by atoms with Gasteiger partial charge in [-0.15, -0.1) is 0 Å². The molecule has 0 N–H and O–H groups in total. The first-order valence-corrected chi connectivity index (χ1v) is 7.41. The highest BCUT2D eigenvalue weighted by molar-refractivity contribution is 14.1. The summed E-state index contributed by atoms with van der Waals surface area (Å²) < 4.78 is 1.03. The van der Waals surface area contributed by atoms with Gasteiger partial charge in [0.1, 0.15) is 0 Å². The van der Waals surface area contributed by atoms with Gasteiger partial charge in [-0.1, -0.05) is 12.1 Å². The third-order valence-corrected chi connectivity index (χ3v) is 4.35. The van der Waals surface area contributed by atoms with Crippen molar-refractivity contribution in [2.24, 2.45) is 0 Å². The second kappa shape index (κ2) is 6.02. The van der Waals surface area contributed by atoms with E-state index in [1.807, 2.05) is 29.2 Å². The van der Waals surface area contributed by atoms with Crippen molar-refractivity contribution in [2.45, 2.75) is 19.4 Å². The minimum absolute atomic E-state index is 0.169. The van der Waals surface area contributed by atoms with Crippen molar-refractivity contribution in [1.29, 1.82) is 0 Å². The molecule has 0 radical (unpaired) electrons. The second-order valence-electron chi connectivity index (χ2n) is 4.94. The van der Waals surface area contributed by atoms with Crippen LogP contribution in [0.4, 0.5) is 0 Å². The van der Waals surface area contributed by atoms with Gasteiger partial charge in [-0.3, -0.25) is 4.79 Å². The first kappa shape index (κ1) is 13.8. The topological polar surface area (TPSA) is 23.6 Å². The van der Waals surface area contributed by atoms with Crippen LogP contribution in [0.2, 0.25) is 0 Å². The molecule has 4 heteroatoms. The van der Waals surface area contributed by atoms with E-state index < -0.39 is 0 Å². The highest BCUT2D eigenvalue weighted by atomic mass is 127. The highest BCUT2D eigenvalue weighted by Gasteiger charge is 2.25. The maximum absolute atomic E-state index is 12.6. The number of hydrogen-bond acceptors (Lipinski definition) is 2. The van der Waals surface area contributed by atoms with Gasteiger partial charge in [0, 0.05) is 22.7 Å². The standard InChI is InChI=1S/C14H19IN2O/c1-11-10-16(2)8-5-9-17(11)14(18)12-6-3-4-7-13(12)15/h3-4,6-7,11H,5,8-10H2,1-2H3. The van der Waals surface area contributed by atoms with Crippen LogP contribution in [0.25, 0.3) is 0 Å². The van der Waals surface area contributed by atoms with Crippen molar-refractivity contribution >= 4 is 28.5 Å². The van der Waals surface area contributed by atoms with Crippen molar-refractivity contribution in [2.75, 3.05) is 26.7 Å². The van der Waals surface area contributed by atoms with E-state index in [4.69, 9.17) is 0 Å². The van der Waals surface area contributed by atoms with Crippen LogP contribution in [0.1, 0.15) is 23.7 Å². The summed E-state index contributed by atoms with van der Waals surface area (Å²) in [7, 11) is 2.12. The average molecular weight is 358 g/mol. The van der Waals surface area contributed by atoms with E-state index in [9.17, 15) is 4.79 Å². The molecule has 1 aliphatic rings. The van der Waals surface area contributed by atoms with E-state index >= 15 is 0 Å². The molecule has 1 fully saturated rings. The van der Waals surface area contributed by atoms with Gasteiger partial charge >= 0.3 is 0 Å². The number of hydrogen-bond donors (Lipinski definition) is 0. The Bertz CT molecular complexity index is 436. The molecule has 1 heterocycles. The number of likely N-dealkylation sites (N-methyl/N-ethyl adjacent to an activating group) is 1. The van der Waals surface area contributed by atoms with Crippen LogP contribution >= 0.6 is 22.6 Å². The fourth-order valence-corrected chi connectivity index (χ4v) is 3.08. The van der Waals surface area contributed by atoms with Gasteiger partial charge in [-0.25, -0.2) is 0 Å². The van der Waals surface area contributed by atoms with E-state index in [0.29, 0.717) is 0 Å². The van der Waals surface area contributed by atoms with Crippen molar-refractivity contribution < 1.29 is 4.79 Å². The molecule has 1 aromatic carbocycles. The average Bonchev–Trinajstić information content (AvgIpc) is 2.50. The van der Waals surface area contributed by atoms with Crippen LogP contribution < -0.4 is 0 Å². The molecule has 1 aromatic rings. The fourth-order valence-electron chi connectivity index (χ4n) is 2.46. The Balaban J connectivity index is 2.20. The lowest BCUT2D eigenvalue weighted by atomic mass is 10.1. The van der Waals surface area contributed by atoms with Crippen molar-refractivity contribution in [3.63, 3.8) is 0 Å². The molecule has 0 saturated carbocycles. The van der Waals surface area contributed by atoms with Gasteiger partial charge in [-0.2, -0.15) is 0 Å². The van der Waals surface area contributed by atoms with Crippen LogP contribution in [0, 0.1) is 3.57 Å². The normalized spacial score (nSPS) is 21.7. The molecule has 1 atom stereocenters. The summed E-state index contributed by atoms with van der Waals surface area (Å²) in [5, 5.41) is 0. The number of halogens is 1. The first-order valence-electron chi connectivity index (χ1n) is 6.33. The third-order valence-electron chi connectivity index (χ3n) is 3.41. The van der Waals surface area contributed by atoms with Crippen LogP contribution in [-0.2, 0) is 0 Å². The second-order valence-corrected chi connectivity index (χ2v) is 6.11. The Kier molecular flexibility index (Phi) is 4.61.